The van der Waals surface area contributed by atoms with Crippen molar-refractivity contribution in [3.8, 4) is 6.07 Å². The zero-order valence-electron chi connectivity index (χ0n) is 16.6. The van der Waals surface area contributed by atoms with E-state index in [-0.39, 0.29) is 11.5 Å². The molecule has 0 radical (unpaired) electrons. The van der Waals surface area contributed by atoms with Crippen molar-refractivity contribution in [2.24, 2.45) is 0 Å². The number of nitrogens with one attached hydrogen (secondary N) is 1. The highest BCUT2D eigenvalue weighted by Crippen LogP contribution is 2.32. The van der Waals surface area contributed by atoms with Gasteiger partial charge in [0.1, 0.15) is 5.69 Å². The monoisotopic (exact) mass is 404 g/mol. The maximum atomic E-state index is 13.0. The van der Waals surface area contributed by atoms with Crippen molar-refractivity contribution in [3.05, 3.63) is 41.7 Å². The number of aromatic nitrogens is 2. The van der Waals surface area contributed by atoms with Gasteiger partial charge in [-0.15, -0.1) is 0 Å². The number of nitriles is 1. The Bertz CT molecular complexity index is 906. The first-order valence-corrected chi connectivity index (χ1v) is 9.29. The molecule has 3 rings (SSSR count). The third kappa shape index (κ3) is 4.95. The maximum Gasteiger partial charge on any atom is 0.433 e. The standard InChI is InChI=1S/C20H23F3N6/c1-19(2,3)29-10-8-28(9-11-29)16-5-4-14(13-24)12-15(16)26-18-25-7-6-17(27-18)20(21,22)23/h4-7,12H,8-11H2,1-3H3,(H,25,26,27). The minimum atomic E-state index is -4.56. The van der Waals surface area contributed by atoms with E-state index in [0.717, 1.165) is 44.1 Å². The summed E-state index contributed by atoms with van der Waals surface area (Å²) < 4.78 is 38.9. The largest absolute Gasteiger partial charge is 0.433 e. The molecule has 1 fully saturated rings. The smallest absolute Gasteiger partial charge is 0.367 e. The Morgan fingerprint density at radius 2 is 1.76 bits per heavy atom. The Morgan fingerprint density at radius 1 is 1.07 bits per heavy atom. The molecule has 0 aliphatic carbocycles. The van der Waals surface area contributed by atoms with Crippen LogP contribution in [0.15, 0.2) is 30.5 Å². The Hall–Kier alpha value is -2.86. The first-order chi connectivity index (χ1) is 13.6. The predicted octanol–water partition coefficient (Wildman–Crippen LogP) is 4.03. The number of halogens is 3. The topological polar surface area (TPSA) is 68.1 Å². The molecule has 6 nitrogen and oxygen atoms in total. The van der Waals surface area contributed by atoms with Crippen LogP contribution in [0.2, 0.25) is 0 Å². The predicted molar refractivity (Wildman–Crippen MR) is 105 cm³/mol. The van der Waals surface area contributed by atoms with Crippen LogP contribution in [-0.4, -0.2) is 46.6 Å². The molecule has 154 valence electrons. The van der Waals surface area contributed by atoms with Crippen molar-refractivity contribution >= 4 is 17.3 Å². The highest BCUT2D eigenvalue weighted by molar-refractivity contribution is 5.75. The molecular formula is C20H23F3N6. The molecule has 1 aliphatic heterocycles. The summed E-state index contributed by atoms with van der Waals surface area (Å²) >= 11 is 0. The lowest BCUT2D eigenvalue weighted by Gasteiger charge is -2.43. The summed E-state index contributed by atoms with van der Waals surface area (Å²) in [5, 5.41) is 12.1. The van der Waals surface area contributed by atoms with Gasteiger partial charge in [0.15, 0.2) is 0 Å². The van der Waals surface area contributed by atoms with E-state index in [1.165, 1.54) is 0 Å². The lowest BCUT2D eigenvalue weighted by Crippen LogP contribution is -2.53. The number of nitrogens with zero attached hydrogens (tertiary/aromatic N) is 5. The van der Waals surface area contributed by atoms with E-state index in [4.69, 9.17) is 0 Å². The highest BCUT2D eigenvalue weighted by Gasteiger charge is 2.33. The zero-order chi connectivity index (χ0) is 21.2. The number of benzene rings is 1. The third-order valence-electron chi connectivity index (χ3n) is 4.89. The molecule has 0 amide bonds. The summed E-state index contributed by atoms with van der Waals surface area (Å²) in [6, 6.07) is 7.99. The van der Waals surface area contributed by atoms with Gasteiger partial charge in [-0.3, -0.25) is 4.90 Å². The molecule has 0 bridgehead atoms. The average molecular weight is 404 g/mol. The lowest BCUT2D eigenvalue weighted by atomic mass is 10.0. The minimum Gasteiger partial charge on any atom is -0.367 e. The van der Waals surface area contributed by atoms with Crippen molar-refractivity contribution in [2.75, 3.05) is 36.4 Å². The molecular weight excluding hydrogens is 381 g/mol. The van der Waals surface area contributed by atoms with E-state index >= 15 is 0 Å². The maximum absolute atomic E-state index is 13.0. The van der Waals surface area contributed by atoms with Gasteiger partial charge in [-0.1, -0.05) is 0 Å². The van der Waals surface area contributed by atoms with Gasteiger partial charge in [0.25, 0.3) is 0 Å². The Labute approximate surface area is 168 Å². The molecule has 1 aromatic heterocycles. The Kier molecular flexibility index (Phi) is 5.66. The van der Waals surface area contributed by atoms with E-state index in [9.17, 15) is 18.4 Å². The Morgan fingerprint density at radius 3 is 2.34 bits per heavy atom. The SMILES string of the molecule is CC(C)(C)N1CCN(c2ccc(C#N)cc2Nc2nccc(C(F)(F)F)n2)CC1. The second-order valence-corrected chi connectivity index (χ2v) is 7.88. The van der Waals surface area contributed by atoms with Crippen LogP contribution in [0.3, 0.4) is 0 Å². The second kappa shape index (κ2) is 7.87. The number of hydrogen-bond donors (Lipinski definition) is 1. The number of alkyl halides is 3. The molecule has 2 aromatic rings. The van der Waals surface area contributed by atoms with Crippen molar-refractivity contribution in [1.29, 1.82) is 5.26 Å². The molecule has 0 saturated carbocycles. The van der Waals surface area contributed by atoms with Crippen LogP contribution in [0.4, 0.5) is 30.5 Å². The van der Waals surface area contributed by atoms with Gasteiger partial charge in [0.05, 0.1) is 23.0 Å². The lowest BCUT2D eigenvalue weighted by molar-refractivity contribution is -0.141. The van der Waals surface area contributed by atoms with E-state index in [0.29, 0.717) is 11.3 Å². The van der Waals surface area contributed by atoms with Crippen LogP contribution >= 0.6 is 0 Å². The molecule has 1 saturated heterocycles. The number of piperazine rings is 1. The van der Waals surface area contributed by atoms with Gasteiger partial charge in [-0.2, -0.15) is 18.4 Å². The van der Waals surface area contributed by atoms with Crippen LogP contribution in [0.25, 0.3) is 0 Å². The fourth-order valence-electron chi connectivity index (χ4n) is 3.30. The Balaban J connectivity index is 1.87. The summed E-state index contributed by atoms with van der Waals surface area (Å²) in [6.07, 6.45) is -3.49. The molecule has 1 aromatic carbocycles. The fourth-order valence-corrected chi connectivity index (χ4v) is 3.30. The molecule has 9 heteroatoms. The number of hydrogen-bond acceptors (Lipinski definition) is 6. The average Bonchev–Trinajstić information content (AvgIpc) is 2.67. The summed E-state index contributed by atoms with van der Waals surface area (Å²) in [5.41, 5.74) is 0.762. The number of anilines is 3. The fraction of sp³-hybridized carbons (Fsp3) is 0.450. The van der Waals surface area contributed by atoms with Gasteiger partial charge >= 0.3 is 6.18 Å². The molecule has 1 aliphatic rings. The van der Waals surface area contributed by atoms with Gasteiger partial charge in [-0.25, -0.2) is 9.97 Å². The number of rotatable bonds is 3. The normalized spacial score (nSPS) is 15.8. The zero-order valence-corrected chi connectivity index (χ0v) is 16.6. The molecule has 0 unspecified atom stereocenters. The first kappa shape index (κ1) is 20.9. The molecule has 0 spiro atoms. The van der Waals surface area contributed by atoms with Gasteiger partial charge < -0.3 is 10.2 Å². The molecule has 2 heterocycles. The summed E-state index contributed by atoms with van der Waals surface area (Å²) in [6.45, 7) is 9.77. The van der Waals surface area contributed by atoms with E-state index in [1.54, 1.807) is 18.2 Å². The van der Waals surface area contributed by atoms with Crippen LogP contribution < -0.4 is 10.2 Å². The molecule has 1 N–H and O–H groups in total. The second-order valence-electron chi connectivity index (χ2n) is 7.88. The first-order valence-electron chi connectivity index (χ1n) is 9.29. The summed E-state index contributed by atoms with van der Waals surface area (Å²) in [4.78, 5) is 12.0. The summed E-state index contributed by atoms with van der Waals surface area (Å²) in [7, 11) is 0. The van der Waals surface area contributed by atoms with Crippen LogP contribution in [0.1, 0.15) is 32.0 Å². The molecule has 29 heavy (non-hydrogen) atoms. The van der Waals surface area contributed by atoms with Crippen molar-refractivity contribution in [2.45, 2.75) is 32.5 Å². The van der Waals surface area contributed by atoms with Gasteiger partial charge in [-0.05, 0) is 45.0 Å². The third-order valence-corrected chi connectivity index (χ3v) is 4.89. The van der Waals surface area contributed by atoms with Crippen molar-refractivity contribution in [3.63, 3.8) is 0 Å². The van der Waals surface area contributed by atoms with E-state index in [2.05, 4.69) is 51.9 Å². The van der Waals surface area contributed by atoms with Gasteiger partial charge in [0, 0.05) is 37.9 Å². The minimum absolute atomic E-state index is 0.0731. The van der Waals surface area contributed by atoms with Crippen molar-refractivity contribution < 1.29 is 13.2 Å². The van der Waals surface area contributed by atoms with Crippen molar-refractivity contribution in [1.82, 2.24) is 14.9 Å². The van der Waals surface area contributed by atoms with E-state index < -0.39 is 11.9 Å². The summed E-state index contributed by atoms with van der Waals surface area (Å²) in [5.74, 6) is -0.163. The highest BCUT2D eigenvalue weighted by atomic mass is 19.4. The van der Waals surface area contributed by atoms with Gasteiger partial charge in [0.2, 0.25) is 5.95 Å². The van der Waals surface area contributed by atoms with Crippen LogP contribution in [0, 0.1) is 11.3 Å². The van der Waals surface area contributed by atoms with Crippen LogP contribution in [-0.2, 0) is 6.18 Å². The van der Waals surface area contributed by atoms with E-state index in [1.807, 2.05) is 0 Å². The van der Waals surface area contributed by atoms with Crippen LogP contribution in [0.5, 0.6) is 0 Å². The molecule has 0 atom stereocenters. The quantitative estimate of drug-likeness (QED) is 0.833.